The zero-order valence-corrected chi connectivity index (χ0v) is 18.8. The van der Waals surface area contributed by atoms with Crippen LogP contribution < -0.4 is 9.44 Å². The molecule has 0 bridgehead atoms. The van der Waals surface area contributed by atoms with Crippen molar-refractivity contribution in [1.29, 1.82) is 0 Å². The van der Waals surface area contributed by atoms with Crippen molar-refractivity contribution in [3.63, 3.8) is 0 Å². The fraction of sp³-hybridized carbons (Fsp3) is 0.429. The summed E-state index contributed by atoms with van der Waals surface area (Å²) in [5.41, 5.74) is 6.52. The van der Waals surface area contributed by atoms with Crippen LogP contribution in [0.1, 0.15) is 47.1 Å². The molecule has 8 heteroatoms. The van der Waals surface area contributed by atoms with E-state index in [0.717, 1.165) is 46.4 Å². The maximum Gasteiger partial charge on any atom is 0.300 e. The highest BCUT2D eigenvalue weighted by Crippen LogP contribution is 2.33. The Morgan fingerprint density at radius 3 is 2.24 bits per heavy atom. The Balaban J connectivity index is 2.33. The minimum absolute atomic E-state index is 0.123. The van der Waals surface area contributed by atoms with Crippen LogP contribution in [0.2, 0.25) is 0 Å². The van der Waals surface area contributed by atoms with Gasteiger partial charge in [0.15, 0.2) is 5.82 Å². The van der Waals surface area contributed by atoms with Crippen molar-refractivity contribution in [2.45, 2.75) is 61.1 Å². The summed E-state index contributed by atoms with van der Waals surface area (Å²) in [6.07, 6.45) is 0.906. The zero-order valence-electron chi connectivity index (χ0n) is 17.9. The van der Waals surface area contributed by atoms with Gasteiger partial charge in [-0.1, -0.05) is 25.1 Å². The number of nitrogens with zero attached hydrogens (tertiary/aromatic N) is 4. The van der Waals surface area contributed by atoms with Crippen molar-refractivity contribution in [2.75, 3.05) is 4.31 Å². The van der Waals surface area contributed by atoms with Gasteiger partial charge in [0.1, 0.15) is 11.3 Å². The molecule has 0 saturated carbocycles. The molecule has 156 valence electrons. The highest BCUT2D eigenvalue weighted by Gasteiger charge is 2.27. The fourth-order valence-electron chi connectivity index (χ4n) is 3.81. The smallest absolute Gasteiger partial charge is 0.300 e. The van der Waals surface area contributed by atoms with Crippen molar-refractivity contribution in [2.24, 2.45) is 5.14 Å². The number of aromatic nitrogens is 3. The molecule has 2 aromatic heterocycles. The lowest BCUT2D eigenvalue weighted by Gasteiger charge is -2.24. The summed E-state index contributed by atoms with van der Waals surface area (Å²) < 4.78 is 28.7. The first kappa shape index (κ1) is 21.3. The van der Waals surface area contributed by atoms with Gasteiger partial charge < -0.3 is 4.57 Å². The van der Waals surface area contributed by atoms with Gasteiger partial charge in [-0.3, -0.25) is 0 Å². The molecule has 0 amide bonds. The molecule has 7 nitrogen and oxygen atoms in total. The lowest BCUT2D eigenvalue weighted by atomic mass is 10.0. The van der Waals surface area contributed by atoms with Gasteiger partial charge in [-0.2, -0.15) is 8.42 Å². The van der Waals surface area contributed by atoms with Crippen LogP contribution in [0, 0.1) is 34.6 Å². The van der Waals surface area contributed by atoms with E-state index in [-0.39, 0.29) is 6.54 Å². The third-order valence-corrected chi connectivity index (χ3v) is 6.40. The predicted octanol–water partition coefficient (Wildman–Crippen LogP) is 3.59. The summed E-state index contributed by atoms with van der Waals surface area (Å²) in [5, 5.41) is 5.70. The number of fused-ring (bicyclic) bond motifs is 1. The largest absolute Gasteiger partial charge is 0.340 e. The monoisotopic (exact) mass is 415 g/mol. The Bertz CT molecular complexity index is 1160. The van der Waals surface area contributed by atoms with Crippen molar-refractivity contribution >= 4 is 27.1 Å². The van der Waals surface area contributed by atoms with Gasteiger partial charge in [0.25, 0.3) is 0 Å². The normalized spacial score (nSPS) is 12.0. The molecule has 0 unspecified atom stereocenters. The van der Waals surface area contributed by atoms with Crippen LogP contribution in [0.25, 0.3) is 11.0 Å². The van der Waals surface area contributed by atoms with Crippen molar-refractivity contribution in [3.8, 4) is 0 Å². The molecule has 3 aromatic rings. The Morgan fingerprint density at radius 1 is 1.07 bits per heavy atom. The Labute approximate surface area is 172 Å². The second-order valence-corrected chi connectivity index (χ2v) is 9.05. The van der Waals surface area contributed by atoms with Gasteiger partial charge in [-0.25, -0.2) is 19.4 Å². The van der Waals surface area contributed by atoms with Crippen LogP contribution in [-0.4, -0.2) is 23.0 Å². The molecule has 0 saturated heterocycles. The van der Waals surface area contributed by atoms with E-state index in [1.165, 1.54) is 4.31 Å². The average Bonchev–Trinajstić information content (AvgIpc) is 2.85. The number of aryl methyl sites for hydroxylation is 5. The van der Waals surface area contributed by atoms with Crippen LogP contribution in [-0.2, 0) is 23.3 Å². The lowest BCUT2D eigenvalue weighted by Crippen LogP contribution is -2.37. The fourth-order valence-corrected chi connectivity index (χ4v) is 4.49. The molecule has 2 N–H and O–H groups in total. The van der Waals surface area contributed by atoms with Gasteiger partial charge in [0.05, 0.1) is 12.1 Å². The van der Waals surface area contributed by atoms with Gasteiger partial charge in [-0.15, -0.1) is 0 Å². The van der Waals surface area contributed by atoms with E-state index in [2.05, 4.69) is 21.5 Å². The molecule has 0 spiro atoms. The molecular formula is C21H29N5O2S. The number of nitrogens with two attached hydrogens (primary N) is 1. The summed E-state index contributed by atoms with van der Waals surface area (Å²) in [6, 6.07) is 5.90. The van der Waals surface area contributed by atoms with Crippen molar-refractivity contribution in [1.82, 2.24) is 14.5 Å². The lowest BCUT2D eigenvalue weighted by molar-refractivity contribution is 0.591. The second kappa shape index (κ2) is 7.76. The summed E-state index contributed by atoms with van der Waals surface area (Å²) >= 11 is 0. The van der Waals surface area contributed by atoms with Crippen molar-refractivity contribution in [3.05, 3.63) is 52.0 Å². The van der Waals surface area contributed by atoms with E-state index in [1.807, 2.05) is 45.9 Å². The Kier molecular flexibility index (Phi) is 5.69. The summed E-state index contributed by atoms with van der Waals surface area (Å²) in [5.74, 6) is 0.849. The van der Waals surface area contributed by atoms with Crippen molar-refractivity contribution < 1.29 is 8.42 Å². The highest BCUT2D eigenvalue weighted by molar-refractivity contribution is 7.90. The maximum absolute atomic E-state index is 12.7. The molecule has 1 aromatic carbocycles. The molecule has 0 fully saturated rings. The topological polar surface area (TPSA) is 94.1 Å². The summed E-state index contributed by atoms with van der Waals surface area (Å²) in [6.45, 7) is 12.7. The number of hydrogen-bond acceptors (Lipinski definition) is 4. The number of rotatable bonds is 6. The molecular weight excluding hydrogens is 386 g/mol. The van der Waals surface area contributed by atoms with Gasteiger partial charge >= 0.3 is 10.2 Å². The second-order valence-electron chi connectivity index (χ2n) is 7.58. The standard InChI is InChI=1S/C21H29N5O2S/c1-7-11-25-16(5)15(4)19-20(25)21(24-17(6)23-19)26(29(22,27)28)12-18-13(2)9-8-10-14(18)3/h8-10H,7,11-12H2,1-6H3,(H2,22,27,28). The van der Waals surface area contributed by atoms with E-state index in [9.17, 15) is 8.42 Å². The van der Waals surface area contributed by atoms with Crippen LogP contribution >= 0.6 is 0 Å². The zero-order chi connectivity index (χ0) is 21.5. The first-order valence-corrected chi connectivity index (χ1v) is 11.3. The summed E-state index contributed by atoms with van der Waals surface area (Å²) in [7, 11) is -4.06. The molecule has 2 heterocycles. The molecule has 0 aliphatic carbocycles. The van der Waals surface area contributed by atoms with E-state index in [0.29, 0.717) is 17.2 Å². The maximum atomic E-state index is 12.7. The van der Waals surface area contributed by atoms with E-state index in [1.54, 1.807) is 6.92 Å². The van der Waals surface area contributed by atoms with Crippen LogP contribution in [0.15, 0.2) is 18.2 Å². The molecule has 0 aliphatic heterocycles. The minimum atomic E-state index is -4.06. The molecule has 0 radical (unpaired) electrons. The van der Waals surface area contributed by atoms with Crippen LogP contribution in [0.4, 0.5) is 5.82 Å². The van der Waals surface area contributed by atoms with E-state index in [4.69, 9.17) is 5.14 Å². The first-order chi connectivity index (χ1) is 13.6. The highest BCUT2D eigenvalue weighted by atomic mass is 32.2. The Hall–Kier alpha value is -2.45. The molecule has 29 heavy (non-hydrogen) atoms. The predicted molar refractivity (Wildman–Crippen MR) is 117 cm³/mol. The first-order valence-electron chi connectivity index (χ1n) is 9.75. The minimum Gasteiger partial charge on any atom is -0.340 e. The third-order valence-electron chi connectivity index (χ3n) is 5.49. The van der Waals surface area contributed by atoms with Gasteiger partial charge in [-0.05, 0) is 63.3 Å². The average molecular weight is 416 g/mol. The number of hydrogen-bond donors (Lipinski definition) is 1. The Morgan fingerprint density at radius 2 is 1.69 bits per heavy atom. The molecule has 0 aliphatic rings. The number of anilines is 1. The SMILES string of the molecule is CCCn1c(C)c(C)c2nc(C)nc(N(Cc3c(C)cccc3C)S(N)(=O)=O)c21. The van der Waals surface area contributed by atoms with Gasteiger partial charge in [0.2, 0.25) is 0 Å². The van der Waals surface area contributed by atoms with Gasteiger partial charge in [0, 0.05) is 12.2 Å². The van der Waals surface area contributed by atoms with Crippen LogP contribution in [0.3, 0.4) is 0 Å². The molecule has 0 atom stereocenters. The van der Waals surface area contributed by atoms with E-state index >= 15 is 0 Å². The quantitative estimate of drug-likeness (QED) is 0.666. The number of benzene rings is 1. The summed E-state index contributed by atoms with van der Waals surface area (Å²) in [4.78, 5) is 9.17. The van der Waals surface area contributed by atoms with E-state index < -0.39 is 10.2 Å². The molecule has 3 rings (SSSR count). The third kappa shape index (κ3) is 3.86. The van der Waals surface area contributed by atoms with Crippen LogP contribution in [0.5, 0.6) is 0 Å².